The van der Waals surface area contributed by atoms with E-state index in [0.717, 1.165) is 5.69 Å². The molecule has 1 atom stereocenters. The Labute approximate surface area is 136 Å². The van der Waals surface area contributed by atoms with Crippen molar-refractivity contribution in [2.24, 2.45) is 11.3 Å². The van der Waals surface area contributed by atoms with Crippen LogP contribution in [-0.4, -0.2) is 24.9 Å². The summed E-state index contributed by atoms with van der Waals surface area (Å²) in [5.74, 6) is 0.300. The van der Waals surface area contributed by atoms with Crippen molar-refractivity contribution in [2.75, 3.05) is 18.0 Å². The van der Waals surface area contributed by atoms with Gasteiger partial charge in [-0.15, -0.1) is 0 Å². The van der Waals surface area contributed by atoms with E-state index in [1.165, 1.54) is 0 Å². The SMILES string of the molecule is CC(C)(C)CC(=O)NCC1CC(=O)N(c2ccc(Cl)cc2)C1. The van der Waals surface area contributed by atoms with Crippen molar-refractivity contribution < 1.29 is 9.59 Å². The first kappa shape index (κ1) is 16.8. The smallest absolute Gasteiger partial charge is 0.227 e. The highest BCUT2D eigenvalue weighted by Crippen LogP contribution is 2.26. The summed E-state index contributed by atoms with van der Waals surface area (Å²) in [6, 6.07) is 7.26. The van der Waals surface area contributed by atoms with Gasteiger partial charge < -0.3 is 10.2 Å². The molecule has 1 aromatic carbocycles. The van der Waals surface area contributed by atoms with Crippen LogP contribution in [0, 0.1) is 11.3 Å². The quantitative estimate of drug-likeness (QED) is 0.925. The molecule has 4 nitrogen and oxygen atoms in total. The average Bonchev–Trinajstić information content (AvgIpc) is 2.77. The van der Waals surface area contributed by atoms with E-state index < -0.39 is 0 Å². The van der Waals surface area contributed by atoms with Crippen LogP contribution in [0.5, 0.6) is 0 Å². The Morgan fingerprint density at radius 3 is 2.55 bits per heavy atom. The van der Waals surface area contributed by atoms with E-state index in [9.17, 15) is 9.59 Å². The summed E-state index contributed by atoms with van der Waals surface area (Å²) in [7, 11) is 0. The van der Waals surface area contributed by atoms with Crippen LogP contribution >= 0.6 is 11.6 Å². The minimum absolute atomic E-state index is 0.0229. The Morgan fingerprint density at radius 2 is 1.95 bits per heavy atom. The van der Waals surface area contributed by atoms with Gasteiger partial charge in [0.1, 0.15) is 0 Å². The van der Waals surface area contributed by atoms with Gasteiger partial charge in [-0.3, -0.25) is 9.59 Å². The molecule has 0 bridgehead atoms. The van der Waals surface area contributed by atoms with Crippen molar-refractivity contribution in [1.29, 1.82) is 0 Å². The third-order valence-corrected chi connectivity index (χ3v) is 3.87. The largest absolute Gasteiger partial charge is 0.356 e. The Hall–Kier alpha value is -1.55. The van der Waals surface area contributed by atoms with Crippen LogP contribution in [0.1, 0.15) is 33.6 Å². The standard InChI is InChI=1S/C17H23ClN2O2/c1-17(2,3)9-15(21)19-10-12-8-16(22)20(11-12)14-6-4-13(18)5-7-14/h4-7,12H,8-11H2,1-3H3,(H,19,21). The molecular weight excluding hydrogens is 300 g/mol. The number of carbonyl (C=O) groups excluding carboxylic acids is 2. The Balaban J connectivity index is 1.87. The van der Waals surface area contributed by atoms with Crippen LogP contribution in [0.15, 0.2) is 24.3 Å². The van der Waals surface area contributed by atoms with Crippen LogP contribution < -0.4 is 10.2 Å². The van der Waals surface area contributed by atoms with Gasteiger partial charge in [-0.2, -0.15) is 0 Å². The van der Waals surface area contributed by atoms with Crippen molar-refractivity contribution in [2.45, 2.75) is 33.6 Å². The van der Waals surface area contributed by atoms with Crippen molar-refractivity contribution in [1.82, 2.24) is 5.32 Å². The van der Waals surface area contributed by atoms with E-state index in [0.29, 0.717) is 31.0 Å². The number of halogens is 1. The molecule has 22 heavy (non-hydrogen) atoms. The summed E-state index contributed by atoms with van der Waals surface area (Å²) in [5.41, 5.74) is 0.836. The maximum atomic E-state index is 12.1. The fourth-order valence-electron chi connectivity index (χ4n) is 2.59. The first-order chi connectivity index (χ1) is 10.2. The maximum absolute atomic E-state index is 12.1. The molecule has 1 N–H and O–H groups in total. The van der Waals surface area contributed by atoms with Crippen LogP contribution in [0.4, 0.5) is 5.69 Å². The third-order valence-electron chi connectivity index (χ3n) is 3.62. The molecule has 5 heteroatoms. The topological polar surface area (TPSA) is 49.4 Å². The maximum Gasteiger partial charge on any atom is 0.227 e. The normalized spacial score (nSPS) is 18.6. The van der Waals surface area contributed by atoms with Gasteiger partial charge in [0.15, 0.2) is 0 Å². The minimum Gasteiger partial charge on any atom is -0.356 e. The van der Waals surface area contributed by atoms with Gasteiger partial charge in [-0.05, 0) is 29.7 Å². The zero-order valence-corrected chi connectivity index (χ0v) is 14.1. The third kappa shape index (κ3) is 4.73. The molecule has 120 valence electrons. The fraction of sp³-hybridized carbons (Fsp3) is 0.529. The van der Waals surface area contributed by atoms with Gasteiger partial charge in [0.25, 0.3) is 0 Å². The molecule has 0 aliphatic carbocycles. The predicted octanol–water partition coefficient (Wildman–Crippen LogP) is 3.25. The number of hydrogen-bond acceptors (Lipinski definition) is 2. The summed E-state index contributed by atoms with van der Waals surface area (Å²) >= 11 is 5.87. The van der Waals surface area contributed by atoms with Gasteiger partial charge in [0.05, 0.1) is 0 Å². The molecular formula is C17H23ClN2O2. The minimum atomic E-state index is -0.0229. The highest BCUT2D eigenvalue weighted by molar-refractivity contribution is 6.30. The summed E-state index contributed by atoms with van der Waals surface area (Å²) in [6.45, 7) is 7.29. The van der Waals surface area contributed by atoms with E-state index in [-0.39, 0.29) is 23.1 Å². The van der Waals surface area contributed by atoms with Gasteiger partial charge in [0, 0.05) is 42.6 Å². The lowest BCUT2D eigenvalue weighted by Crippen LogP contribution is -2.33. The molecule has 0 radical (unpaired) electrons. The van der Waals surface area contributed by atoms with E-state index in [2.05, 4.69) is 5.32 Å². The predicted molar refractivity (Wildman–Crippen MR) is 89.0 cm³/mol. The lowest BCUT2D eigenvalue weighted by molar-refractivity contribution is -0.123. The lowest BCUT2D eigenvalue weighted by atomic mass is 9.92. The Kier molecular flexibility index (Phi) is 5.12. The highest BCUT2D eigenvalue weighted by Gasteiger charge is 2.30. The van der Waals surface area contributed by atoms with Gasteiger partial charge in [-0.1, -0.05) is 32.4 Å². The zero-order chi connectivity index (χ0) is 16.3. The zero-order valence-electron chi connectivity index (χ0n) is 13.4. The van der Waals surface area contributed by atoms with Crippen LogP contribution in [-0.2, 0) is 9.59 Å². The molecule has 1 saturated heterocycles. The van der Waals surface area contributed by atoms with Gasteiger partial charge >= 0.3 is 0 Å². The molecule has 0 saturated carbocycles. The number of amides is 2. The number of nitrogens with one attached hydrogen (secondary N) is 1. The fourth-order valence-corrected chi connectivity index (χ4v) is 2.72. The molecule has 0 spiro atoms. The van der Waals surface area contributed by atoms with Gasteiger partial charge in [0.2, 0.25) is 11.8 Å². The molecule has 1 unspecified atom stereocenters. The number of benzene rings is 1. The Morgan fingerprint density at radius 1 is 1.32 bits per heavy atom. The van der Waals surface area contributed by atoms with E-state index >= 15 is 0 Å². The molecule has 2 amide bonds. The van der Waals surface area contributed by atoms with E-state index in [1.807, 2.05) is 32.9 Å². The number of hydrogen-bond donors (Lipinski definition) is 1. The number of rotatable bonds is 4. The summed E-state index contributed by atoms with van der Waals surface area (Å²) in [5, 5.41) is 3.60. The first-order valence-corrected chi connectivity index (χ1v) is 7.95. The molecule has 1 heterocycles. The van der Waals surface area contributed by atoms with E-state index in [1.54, 1.807) is 17.0 Å². The second-order valence-corrected chi connectivity index (χ2v) is 7.53. The number of anilines is 1. The van der Waals surface area contributed by atoms with Crippen molar-refractivity contribution >= 4 is 29.1 Å². The number of nitrogens with zero attached hydrogens (tertiary/aromatic N) is 1. The Bertz CT molecular complexity index is 549. The molecule has 1 aliphatic rings. The second kappa shape index (κ2) is 6.69. The van der Waals surface area contributed by atoms with Crippen LogP contribution in [0.3, 0.4) is 0 Å². The molecule has 0 aromatic heterocycles. The first-order valence-electron chi connectivity index (χ1n) is 7.57. The van der Waals surface area contributed by atoms with Gasteiger partial charge in [-0.25, -0.2) is 0 Å². The average molecular weight is 323 g/mol. The summed E-state index contributed by atoms with van der Waals surface area (Å²) in [4.78, 5) is 25.7. The summed E-state index contributed by atoms with van der Waals surface area (Å²) in [6.07, 6.45) is 0.965. The second-order valence-electron chi connectivity index (χ2n) is 7.09. The monoisotopic (exact) mass is 322 g/mol. The van der Waals surface area contributed by atoms with Crippen LogP contribution in [0.25, 0.3) is 0 Å². The van der Waals surface area contributed by atoms with Crippen LogP contribution in [0.2, 0.25) is 5.02 Å². The van der Waals surface area contributed by atoms with Crippen molar-refractivity contribution in [3.63, 3.8) is 0 Å². The number of carbonyl (C=O) groups is 2. The molecule has 2 rings (SSSR count). The van der Waals surface area contributed by atoms with Crippen molar-refractivity contribution in [3.8, 4) is 0 Å². The molecule has 1 aromatic rings. The molecule has 1 fully saturated rings. The van der Waals surface area contributed by atoms with E-state index in [4.69, 9.17) is 11.6 Å². The van der Waals surface area contributed by atoms with Crippen molar-refractivity contribution in [3.05, 3.63) is 29.3 Å². The molecule has 1 aliphatic heterocycles. The lowest BCUT2D eigenvalue weighted by Gasteiger charge is -2.19. The highest BCUT2D eigenvalue weighted by atomic mass is 35.5. The summed E-state index contributed by atoms with van der Waals surface area (Å²) < 4.78 is 0.